The topological polar surface area (TPSA) is 41.3 Å². The van der Waals surface area contributed by atoms with E-state index in [0.717, 1.165) is 0 Å². The molecule has 1 N–H and O–H groups in total. The number of β-amino-alcohol motifs (C(OH)–C–C–N with tert-alkyl or cyclic N) is 1. The molecule has 0 saturated carbocycles. The van der Waals surface area contributed by atoms with Gasteiger partial charge in [0.15, 0.2) is 0 Å². The van der Waals surface area contributed by atoms with Crippen LogP contribution < -0.4 is 0 Å². The summed E-state index contributed by atoms with van der Waals surface area (Å²) in [7, 11) is 0. The summed E-state index contributed by atoms with van der Waals surface area (Å²) in [5, 5.41) is 9.24. The molecule has 96 valence electrons. The molecule has 1 atom stereocenters. The monoisotopic (exact) mass is 249 g/mol. The summed E-state index contributed by atoms with van der Waals surface area (Å²) in [5.41, 5.74) is 0.546. The van der Waals surface area contributed by atoms with Crippen molar-refractivity contribution in [3.63, 3.8) is 0 Å². The number of aliphatic hydroxyl groups is 1. The van der Waals surface area contributed by atoms with Crippen LogP contribution >= 0.6 is 0 Å². The lowest BCUT2D eigenvalue weighted by molar-refractivity contribution is -0.147. The number of halogens is 3. The molecule has 1 aliphatic heterocycles. The van der Waals surface area contributed by atoms with Gasteiger partial charge in [-0.2, -0.15) is 13.2 Å². The first kappa shape index (κ1) is 12.4. The minimum Gasteiger partial charge on any atom is -0.392 e. The number of aromatic nitrogens is 2. The molecule has 0 aromatic carbocycles. The maximum Gasteiger partial charge on any atom is 0.449 e. The van der Waals surface area contributed by atoms with Gasteiger partial charge in [0.05, 0.1) is 18.0 Å². The zero-order valence-electron chi connectivity index (χ0n) is 9.41. The summed E-state index contributed by atoms with van der Waals surface area (Å²) in [4.78, 5) is 5.35. The minimum absolute atomic E-state index is 0.261. The second kappa shape index (κ2) is 4.30. The van der Waals surface area contributed by atoms with E-state index in [1.165, 1.54) is 10.8 Å². The Bertz CT molecular complexity index is 400. The molecule has 0 fully saturated rings. The smallest absolute Gasteiger partial charge is 0.392 e. The van der Waals surface area contributed by atoms with Crippen LogP contribution in [0.5, 0.6) is 0 Å². The van der Waals surface area contributed by atoms with Crippen LogP contribution in [-0.4, -0.2) is 38.8 Å². The fourth-order valence-corrected chi connectivity index (χ4v) is 2.09. The molecule has 2 rings (SSSR count). The van der Waals surface area contributed by atoms with Crippen molar-refractivity contribution >= 4 is 0 Å². The van der Waals surface area contributed by atoms with Crippen molar-refractivity contribution in [2.75, 3.05) is 13.1 Å². The van der Waals surface area contributed by atoms with Gasteiger partial charge in [-0.1, -0.05) is 0 Å². The fourth-order valence-electron chi connectivity index (χ4n) is 2.09. The summed E-state index contributed by atoms with van der Waals surface area (Å²) in [6.07, 6.45) is -3.62. The molecule has 4 nitrogen and oxygen atoms in total. The van der Waals surface area contributed by atoms with Crippen molar-refractivity contribution in [2.45, 2.75) is 32.3 Å². The molecule has 17 heavy (non-hydrogen) atoms. The van der Waals surface area contributed by atoms with E-state index < -0.39 is 18.1 Å². The molecule has 0 spiro atoms. The first-order chi connectivity index (χ1) is 7.88. The van der Waals surface area contributed by atoms with E-state index in [2.05, 4.69) is 4.98 Å². The average Bonchev–Trinajstić information content (AvgIpc) is 2.58. The first-order valence-corrected chi connectivity index (χ1v) is 5.40. The standard InChI is InChI=1S/C10H14F3N3O/c1-7(17)5-15-2-3-16-8(6-15)4-14-9(16)10(11,12)13/h4,7,17H,2-3,5-6H2,1H3/t7-/m0/s1. The van der Waals surface area contributed by atoms with Gasteiger partial charge in [0.2, 0.25) is 5.82 Å². The summed E-state index contributed by atoms with van der Waals surface area (Å²) < 4.78 is 38.9. The second-order valence-electron chi connectivity index (χ2n) is 4.31. The third-order valence-corrected chi connectivity index (χ3v) is 2.74. The molecule has 1 aromatic rings. The highest BCUT2D eigenvalue weighted by molar-refractivity contribution is 5.10. The van der Waals surface area contributed by atoms with Crippen LogP contribution in [0.1, 0.15) is 18.4 Å². The van der Waals surface area contributed by atoms with E-state index in [1.54, 1.807) is 6.92 Å². The average molecular weight is 249 g/mol. The second-order valence-corrected chi connectivity index (χ2v) is 4.31. The van der Waals surface area contributed by atoms with Crippen LogP contribution in [0.15, 0.2) is 6.20 Å². The van der Waals surface area contributed by atoms with E-state index in [1.807, 2.05) is 4.90 Å². The molecule has 0 radical (unpaired) electrons. The molecule has 0 amide bonds. The Balaban J connectivity index is 2.16. The van der Waals surface area contributed by atoms with Crippen LogP contribution in [0.4, 0.5) is 13.2 Å². The lowest BCUT2D eigenvalue weighted by Crippen LogP contribution is -2.38. The van der Waals surface area contributed by atoms with Gasteiger partial charge >= 0.3 is 6.18 Å². The van der Waals surface area contributed by atoms with Crippen LogP contribution in [-0.2, 0) is 19.3 Å². The van der Waals surface area contributed by atoms with E-state index >= 15 is 0 Å². The van der Waals surface area contributed by atoms with Gasteiger partial charge < -0.3 is 9.67 Å². The minimum atomic E-state index is -4.40. The van der Waals surface area contributed by atoms with Gasteiger partial charge in [0.25, 0.3) is 0 Å². The van der Waals surface area contributed by atoms with Crippen molar-refractivity contribution in [2.24, 2.45) is 0 Å². The number of nitrogens with zero attached hydrogens (tertiary/aromatic N) is 3. The Kier molecular flexibility index (Phi) is 3.13. The van der Waals surface area contributed by atoms with Crippen molar-refractivity contribution in [3.05, 3.63) is 17.7 Å². The SMILES string of the molecule is C[C@H](O)CN1CCn2c(cnc2C(F)(F)F)C1. The van der Waals surface area contributed by atoms with Gasteiger partial charge in [-0.25, -0.2) is 4.98 Å². The summed E-state index contributed by atoms with van der Waals surface area (Å²) in [6.45, 7) is 3.28. The van der Waals surface area contributed by atoms with Crippen molar-refractivity contribution in [3.8, 4) is 0 Å². The highest BCUT2D eigenvalue weighted by Gasteiger charge is 2.38. The lowest BCUT2D eigenvalue weighted by Gasteiger charge is -2.29. The normalized spacial score (nSPS) is 19.1. The number of hydrogen-bond acceptors (Lipinski definition) is 3. The first-order valence-electron chi connectivity index (χ1n) is 5.40. The Morgan fingerprint density at radius 1 is 1.47 bits per heavy atom. The zero-order valence-corrected chi connectivity index (χ0v) is 9.41. The molecule has 7 heteroatoms. The molecule has 0 aliphatic carbocycles. The number of hydrogen-bond donors (Lipinski definition) is 1. The highest BCUT2D eigenvalue weighted by Crippen LogP contribution is 2.30. The van der Waals surface area contributed by atoms with E-state index in [9.17, 15) is 18.3 Å². The number of rotatable bonds is 2. The number of fused-ring (bicyclic) bond motifs is 1. The van der Waals surface area contributed by atoms with Gasteiger partial charge in [-0.3, -0.25) is 4.90 Å². The van der Waals surface area contributed by atoms with Gasteiger partial charge in [-0.15, -0.1) is 0 Å². The molecular weight excluding hydrogens is 235 g/mol. The highest BCUT2D eigenvalue weighted by atomic mass is 19.4. The molecule has 0 bridgehead atoms. The Morgan fingerprint density at radius 3 is 2.76 bits per heavy atom. The van der Waals surface area contributed by atoms with Crippen LogP contribution in [0.25, 0.3) is 0 Å². The van der Waals surface area contributed by atoms with E-state index in [-0.39, 0.29) is 6.54 Å². The summed E-state index contributed by atoms with van der Waals surface area (Å²) in [6, 6.07) is 0. The van der Waals surface area contributed by atoms with Gasteiger partial charge in [0.1, 0.15) is 0 Å². The van der Waals surface area contributed by atoms with E-state index in [4.69, 9.17) is 0 Å². The van der Waals surface area contributed by atoms with Crippen LogP contribution in [0.3, 0.4) is 0 Å². The number of imidazole rings is 1. The maximum absolute atomic E-state index is 12.6. The van der Waals surface area contributed by atoms with Gasteiger partial charge in [0, 0.05) is 26.2 Å². The predicted octanol–water partition coefficient (Wildman–Crippen LogP) is 1.10. The van der Waals surface area contributed by atoms with Crippen LogP contribution in [0.2, 0.25) is 0 Å². The molecule has 1 aliphatic rings. The van der Waals surface area contributed by atoms with Crippen LogP contribution in [0, 0.1) is 0 Å². The molecule has 0 saturated heterocycles. The van der Waals surface area contributed by atoms with Crippen molar-refractivity contribution in [1.82, 2.24) is 14.5 Å². The van der Waals surface area contributed by atoms with E-state index in [0.29, 0.717) is 25.3 Å². The number of alkyl halides is 3. The van der Waals surface area contributed by atoms with Crippen molar-refractivity contribution < 1.29 is 18.3 Å². The summed E-state index contributed by atoms with van der Waals surface area (Å²) in [5.74, 6) is -0.829. The lowest BCUT2D eigenvalue weighted by atomic mass is 10.2. The molecule has 1 aromatic heterocycles. The number of aliphatic hydroxyl groups excluding tert-OH is 1. The Morgan fingerprint density at radius 2 is 2.18 bits per heavy atom. The summed E-state index contributed by atoms with van der Waals surface area (Å²) >= 11 is 0. The molecule has 0 unspecified atom stereocenters. The Hall–Kier alpha value is -1.08. The molecular formula is C10H14F3N3O. The largest absolute Gasteiger partial charge is 0.449 e. The predicted molar refractivity (Wildman–Crippen MR) is 54.2 cm³/mol. The third kappa shape index (κ3) is 2.61. The van der Waals surface area contributed by atoms with Gasteiger partial charge in [-0.05, 0) is 6.92 Å². The quantitative estimate of drug-likeness (QED) is 0.853. The molecule has 2 heterocycles. The van der Waals surface area contributed by atoms with Crippen molar-refractivity contribution in [1.29, 1.82) is 0 Å². The Labute approximate surface area is 96.7 Å². The third-order valence-electron chi connectivity index (χ3n) is 2.74. The maximum atomic E-state index is 12.6. The fraction of sp³-hybridized carbons (Fsp3) is 0.700. The zero-order chi connectivity index (χ0) is 12.6.